The van der Waals surface area contributed by atoms with Gasteiger partial charge in [-0.15, -0.1) is 0 Å². The topological polar surface area (TPSA) is 98.8 Å². The lowest BCUT2D eigenvalue weighted by atomic mass is 9.99. The monoisotopic (exact) mass is 566 g/mol. The van der Waals surface area contributed by atoms with Gasteiger partial charge in [0.05, 0.1) is 13.2 Å². The maximum atomic E-state index is 13.5. The summed E-state index contributed by atoms with van der Waals surface area (Å²) in [6.45, 7) is 7.43. The molecule has 41 heavy (non-hydrogen) atoms. The number of methoxy groups -OCH3 is 2. The van der Waals surface area contributed by atoms with E-state index in [1.165, 1.54) is 13.2 Å². The van der Waals surface area contributed by atoms with Crippen molar-refractivity contribution < 1.29 is 42.7 Å². The van der Waals surface area contributed by atoms with E-state index in [9.17, 15) is 9.59 Å². The van der Waals surface area contributed by atoms with Gasteiger partial charge in [-0.25, -0.2) is 4.79 Å². The van der Waals surface area contributed by atoms with Crippen molar-refractivity contribution in [1.29, 1.82) is 0 Å². The molecular formula is C32H38O9. The van der Waals surface area contributed by atoms with E-state index in [1.807, 2.05) is 37.3 Å². The van der Waals surface area contributed by atoms with Gasteiger partial charge in [0, 0.05) is 19.1 Å². The number of fused-ring (bicyclic) bond motifs is 2. The average Bonchev–Trinajstić information content (AvgIpc) is 3.27. The Morgan fingerprint density at radius 2 is 1.71 bits per heavy atom. The minimum Gasteiger partial charge on any atom is -0.497 e. The van der Waals surface area contributed by atoms with Gasteiger partial charge in [-0.1, -0.05) is 37.3 Å². The van der Waals surface area contributed by atoms with Crippen molar-refractivity contribution in [2.24, 2.45) is 5.92 Å². The molecule has 1 fully saturated rings. The molecule has 0 aromatic heterocycles. The van der Waals surface area contributed by atoms with E-state index in [-0.39, 0.29) is 36.4 Å². The number of carbonyl (C=O) groups excluding carboxylic acids is 2. The van der Waals surface area contributed by atoms with Gasteiger partial charge in [0.1, 0.15) is 41.6 Å². The van der Waals surface area contributed by atoms with E-state index in [0.29, 0.717) is 17.7 Å². The molecule has 4 atom stereocenters. The smallest absolute Gasteiger partial charge is 0.342 e. The van der Waals surface area contributed by atoms with Gasteiger partial charge in [0.2, 0.25) is 0 Å². The molecule has 2 aliphatic rings. The Morgan fingerprint density at radius 1 is 0.951 bits per heavy atom. The quantitative estimate of drug-likeness (QED) is 0.318. The molecule has 2 aromatic rings. The highest BCUT2D eigenvalue weighted by Gasteiger charge is 2.43. The largest absolute Gasteiger partial charge is 0.497 e. The van der Waals surface area contributed by atoms with Crippen molar-refractivity contribution >= 4 is 17.8 Å². The minimum absolute atomic E-state index is 0.0772. The molecule has 9 heteroatoms. The number of hydrogen-bond acceptors (Lipinski definition) is 9. The molecule has 0 spiro atoms. The second-order valence-corrected chi connectivity index (χ2v) is 10.5. The van der Waals surface area contributed by atoms with Gasteiger partial charge in [-0.05, 0) is 62.6 Å². The Morgan fingerprint density at radius 3 is 2.41 bits per heavy atom. The van der Waals surface area contributed by atoms with Crippen LogP contribution in [0.2, 0.25) is 0 Å². The van der Waals surface area contributed by atoms with Crippen molar-refractivity contribution in [2.45, 2.75) is 64.8 Å². The van der Waals surface area contributed by atoms with Crippen LogP contribution < -0.4 is 14.2 Å². The van der Waals surface area contributed by atoms with Crippen LogP contribution in [0.4, 0.5) is 0 Å². The van der Waals surface area contributed by atoms with Crippen LogP contribution >= 0.6 is 0 Å². The molecule has 2 aliphatic heterocycles. The van der Waals surface area contributed by atoms with Crippen LogP contribution in [0.3, 0.4) is 0 Å². The van der Waals surface area contributed by atoms with Crippen molar-refractivity contribution in [2.75, 3.05) is 21.0 Å². The van der Waals surface area contributed by atoms with Crippen molar-refractivity contribution in [3.63, 3.8) is 0 Å². The SMILES string of the molecule is COCOc1cc(OCc2ccc(OC)cc2)cc2c1C(=O)O[C@@H](C)[C@H](C)/C=C\C(=O)[C@H]1OC(C)(C)O[C@H]1C/C=C/2. The Bertz CT molecular complexity index is 1280. The van der Waals surface area contributed by atoms with E-state index in [0.717, 1.165) is 11.3 Å². The average molecular weight is 567 g/mol. The normalized spacial score (nSPS) is 25.7. The molecule has 0 N–H and O–H groups in total. The summed E-state index contributed by atoms with van der Waals surface area (Å²) in [6, 6.07) is 11.0. The van der Waals surface area contributed by atoms with Crippen molar-refractivity contribution in [3.05, 3.63) is 71.3 Å². The van der Waals surface area contributed by atoms with E-state index in [2.05, 4.69) is 0 Å². The molecule has 220 valence electrons. The van der Waals surface area contributed by atoms with E-state index < -0.39 is 30.1 Å². The first-order valence-electron chi connectivity index (χ1n) is 13.6. The molecule has 2 aromatic carbocycles. The second-order valence-electron chi connectivity index (χ2n) is 10.5. The Balaban J connectivity index is 1.71. The standard InChI is InChI=1S/C32H38O9/c1-20-10-15-26(33)30-27(40-32(3,4)41-30)9-7-8-23-16-25(37-18-22-11-13-24(36-6)14-12-22)17-28(38-19-35-5)29(23)31(34)39-21(20)2/h7-8,10-17,20-21,27,30H,9,18-19H2,1-6H3/b8-7+,15-10-/t20-,21+,27+,30-/m1/s1. The number of rotatable bonds is 7. The zero-order chi connectivity index (χ0) is 29.6. The lowest BCUT2D eigenvalue weighted by molar-refractivity contribution is -0.152. The first-order chi connectivity index (χ1) is 19.6. The molecule has 0 radical (unpaired) electrons. The van der Waals surface area contributed by atoms with Gasteiger partial charge in [0.15, 0.2) is 18.4 Å². The highest BCUT2D eigenvalue weighted by Crippen LogP contribution is 2.34. The fraction of sp³-hybridized carbons (Fsp3) is 0.438. The van der Waals surface area contributed by atoms with Gasteiger partial charge < -0.3 is 33.2 Å². The third-order valence-corrected chi connectivity index (χ3v) is 6.93. The molecule has 0 amide bonds. The zero-order valence-corrected chi connectivity index (χ0v) is 24.4. The fourth-order valence-electron chi connectivity index (χ4n) is 4.58. The van der Waals surface area contributed by atoms with Gasteiger partial charge in [-0.2, -0.15) is 0 Å². The summed E-state index contributed by atoms with van der Waals surface area (Å²) in [5, 5.41) is 0. The molecule has 9 nitrogen and oxygen atoms in total. The third-order valence-electron chi connectivity index (χ3n) is 6.93. The van der Waals surface area contributed by atoms with Crippen LogP contribution in [0, 0.1) is 5.92 Å². The Labute approximate surface area is 241 Å². The lowest BCUT2D eigenvalue weighted by Gasteiger charge is -2.21. The number of hydrogen-bond donors (Lipinski definition) is 0. The molecule has 0 saturated carbocycles. The molecule has 4 rings (SSSR count). The van der Waals surface area contributed by atoms with E-state index >= 15 is 0 Å². The molecule has 0 unspecified atom stereocenters. The minimum atomic E-state index is -0.903. The lowest BCUT2D eigenvalue weighted by Crippen LogP contribution is -2.30. The number of benzene rings is 2. The van der Waals surface area contributed by atoms with Crippen LogP contribution in [-0.4, -0.2) is 56.9 Å². The summed E-state index contributed by atoms with van der Waals surface area (Å²) in [5.41, 5.74) is 1.71. The number of cyclic esters (lactones) is 1. The van der Waals surface area contributed by atoms with Gasteiger partial charge in [0.25, 0.3) is 0 Å². The first-order valence-corrected chi connectivity index (χ1v) is 13.6. The van der Waals surface area contributed by atoms with Crippen LogP contribution in [-0.2, 0) is 30.3 Å². The Hall–Kier alpha value is -3.66. The number of carbonyl (C=O) groups is 2. The second kappa shape index (κ2) is 13.3. The highest BCUT2D eigenvalue weighted by molar-refractivity contribution is 5.97. The highest BCUT2D eigenvalue weighted by atomic mass is 16.8. The maximum Gasteiger partial charge on any atom is 0.342 e. The molecular weight excluding hydrogens is 528 g/mol. The van der Waals surface area contributed by atoms with Crippen LogP contribution in [0.25, 0.3) is 6.08 Å². The maximum absolute atomic E-state index is 13.5. The summed E-state index contributed by atoms with van der Waals surface area (Å²) < 4.78 is 40.1. The molecule has 0 bridgehead atoms. The van der Waals surface area contributed by atoms with Gasteiger partial charge >= 0.3 is 5.97 Å². The summed E-state index contributed by atoms with van der Waals surface area (Å²) in [7, 11) is 3.11. The first kappa shape index (κ1) is 30.3. The molecule has 0 aliphatic carbocycles. The van der Waals surface area contributed by atoms with E-state index in [1.54, 1.807) is 52.2 Å². The van der Waals surface area contributed by atoms with Crippen LogP contribution in [0.15, 0.2) is 54.6 Å². The van der Waals surface area contributed by atoms with Gasteiger partial charge in [-0.3, -0.25) is 4.79 Å². The summed E-state index contributed by atoms with van der Waals surface area (Å²) in [6.07, 6.45) is 5.44. The fourth-order valence-corrected chi connectivity index (χ4v) is 4.58. The van der Waals surface area contributed by atoms with Crippen LogP contribution in [0.1, 0.15) is 55.6 Å². The predicted molar refractivity (Wildman–Crippen MR) is 152 cm³/mol. The van der Waals surface area contributed by atoms with Crippen molar-refractivity contribution in [1.82, 2.24) is 0 Å². The summed E-state index contributed by atoms with van der Waals surface area (Å²) in [4.78, 5) is 26.5. The Kier molecular flexibility index (Phi) is 9.86. The summed E-state index contributed by atoms with van der Waals surface area (Å²) >= 11 is 0. The number of esters is 1. The summed E-state index contributed by atoms with van der Waals surface area (Å²) in [5.74, 6) is -0.394. The number of ether oxygens (including phenoxy) is 7. The van der Waals surface area contributed by atoms with Crippen LogP contribution in [0.5, 0.6) is 17.2 Å². The predicted octanol–water partition coefficient (Wildman–Crippen LogP) is 5.50. The van der Waals surface area contributed by atoms with E-state index in [4.69, 9.17) is 33.2 Å². The molecule has 2 heterocycles. The number of ketones is 1. The zero-order valence-electron chi connectivity index (χ0n) is 24.4. The molecule has 1 saturated heterocycles. The third kappa shape index (κ3) is 7.75. The van der Waals surface area contributed by atoms with Crippen molar-refractivity contribution in [3.8, 4) is 17.2 Å².